The van der Waals surface area contributed by atoms with Crippen molar-refractivity contribution >= 4 is 16.9 Å². The van der Waals surface area contributed by atoms with E-state index >= 15 is 0 Å². The van der Waals surface area contributed by atoms with Gasteiger partial charge in [0, 0.05) is 11.2 Å². The van der Waals surface area contributed by atoms with Crippen LogP contribution >= 0.6 is 11.8 Å². The molecule has 0 aliphatic rings. The summed E-state index contributed by atoms with van der Waals surface area (Å²) in [4.78, 5) is 11.6. The molecule has 0 radical (unpaired) electrons. The van der Waals surface area contributed by atoms with Crippen LogP contribution in [0.25, 0.3) is 0 Å². The predicted molar refractivity (Wildman–Crippen MR) is 71.7 cm³/mol. The number of carbonyl (C=O) groups is 1. The monoisotopic (exact) mass is 246 g/mol. The fraction of sp³-hybridized carbons (Fsp3) is 0.923. The molecule has 0 aliphatic heterocycles. The third-order valence-electron chi connectivity index (χ3n) is 2.21. The third kappa shape index (κ3) is 10.5. The minimum Gasteiger partial charge on any atom is -0.393 e. The molecular formula is C13H26O2S. The van der Waals surface area contributed by atoms with E-state index in [1.807, 2.05) is 20.8 Å². The van der Waals surface area contributed by atoms with Crippen LogP contribution < -0.4 is 0 Å². The highest BCUT2D eigenvalue weighted by atomic mass is 32.2. The fourth-order valence-electron chi connectivity index (χ4n) is 1.48. The molecule has 0 spiro atoms. The summed E-state index contributed by atoms with van der Waals surface area (Å²) in [5, 5.41) is 9.79. The van der Waals surface area contributed by atoms with Gasteiger partial charge in [0.05, 0.1) is 6.10 Å². The number of hydrogen-bond donors (Lipinski definition) is 1. The molecule has 1 N–H and O–H groups in total. The Balaban J connectivity index is 3.62. The number of thioether (sulfide) groups is 1. The van der Waals surface area contributed by atoms with Gasteiger partial charge in [-0.3, -0.25) is 4.79 Å². The number of hydrogen-bond acceptors (Lipinski definition) is 3. The molecule has 0 fully saturated rings. The zero-order chi connectivity index (χ0) is 12.6. The largest absolute Gasteiger partial charge is 0.393 e. The van der Waals surface area contributed by atoms with Gasteiger partial charge < -0.3 is 5.11 Å². The zero-order valence-electron chi connectivity index (χ0n) is 11.1. The minimum absolute atomic E-state index is 0.0426. The van der Waals surface area contributed by atoms with Crippen LogP contribution in [0.4, 0.5) is 0 Å². The van der Waals surface area contributed by atoms with E-state index in [0.717, 1.165) is 19.3 Å². The molecule has 0 bridgehead atoms. The summed E-state index contributed by atoms with van der Waals surface area (Å²) in [5.41, 5.74) is 0. The summed E-state index contributed by atoms with van der Waals surface area (Å²) in [6.07, 6.45) is 5.23. The maximum absolute atomic E-state index is 11.6. The molecule has 3 heteroatoms. The topological polar surface area (TPSA) is 37.3 Å². The van der Waals surface area contributed by atoms with Crippen LogP contribution in [0, 0.1) is 0 Å². The maximum atomic E-state index is 11.6. The van der Waals surface area contributed by atoms with E-state index in [1.54, 1.807) is 0 Å². The third-order valence-corrected chi connectivity index (χ3v) is 3.22. The Bertz CT molecular complexity index is 197. The molecule has 96 valence electrons. The van der Waals surface area contributed by atoms with Gasteiger partial charge >= 0.3 is 0 Å². The van der Waals surface area contributed by atoms with Gasteiger partial charge in [-0.05, 0) is 6.42 Å². The van der Waals surface area contributed by atoms with Crippen LogP contribution in [0.1, 0.15) is 66.2 Å². The molecule has 0 unspecified atom stereocenters. The van der Waals surface area contributed by atoms with Crippen molar-refractivity contribution in [2.24, 2.45) is 0 Å². The quantitative estimate of drug-likeness (QED) is 0.695. The first-order chi connectivity index (χ1) is 7.35. The van der Waals surface area contributed by atoms with Crippen molar-refractivity contribution in [3.8, 4) is 0 Å². The van der Waals surface area contributed by atoms with E-state index in [2.05, 4.69) is 6.92 Å². The molecule has 0 aromatic heterocycles. The molecule has 1 atom stereocenters. The lowest BCUT2D eigenvalue weighted by Crippen LogP contribution is -2.17. The van der Waals surface area contributed by atoms with Gasteiger partial charge in [0.25, 0.3) is 0 Å². The molecule has 0 amide bonds. The van der Waals surface area contributed by atoms with Crippen LogP contribution in [0.15, 0.2) is 0 Å². The van der Waals surface area contributed by atoms with Gasteiger partial charge in [0.15, 0.2) is 5.12 Å². The van der Waals surface area contributed by atoms with Gasteiger partial charge in [-0.15, -0.1) is 0 Å². The molecular weight excluding hydrogens is 220 g/mol. The Kier molecular flexibility index (Phi) is 8.12. The average Bonchev–Trinajstić information content (AvgIpc) is 2.09. The lowest BCUT2D eigenvalue weighted by atomic mass is 10.1. The highest BCUT2D eigenvalue weighted by molar-refractivity contribution is 8.14. The Morgan fingerprint density at radius 2 is 1.88 bits per heavy atom. The lowest BCUT2D eigenvalue weighted by molar-refractivity contribution is -0.112. The first kappa shape index (κ1) is 16.0. The van der Waals surface area contributed by atoms with Crippen molar-refractivity contribution in [1.29, 1.82) is 0 Å². The Hall–Kier alpha value is -0.0200. The second-order valence-corrected chi connectivity index (χ2v) is 7.18. The molecule has 0 aromatic rings. The van der Waals surface area contributed by atoms with Gasteiger partial charge in [-0.25, -0.2) is 0 Å². The zero-order valence-corrected chi connectivity index (χ0v) is 11.9. The minimum atomic E-state index is -0.445. The first-order valence-electron chi connectivity index (χ1n) is 6.25. The van der Waals surface area contributed by atoms with Crippen LogP contribution in [0.2, 0.25) is 0 Å². The van der Waals surface area contributed by atoms with Crippen molar-refractivity contribution in [3.05, 3.63) is 0 Å². The summed E-state index contributed by atoms with van der Waals surface area (Å²) in [6, 6.07) is 0. The number of carbonyl (C=O) groups excluding carboxylic acids is 1. The highest BCUT2D eigenvalue weighted by Crippen LogP contribution is 2.26. The number of aliphatic hydroxyl groups is 1. The standard InChI is InChI=1S/C13H26O2S/c1-5-6-7-8-9-11(14)10-12(15)16-13(2,3)4/h11,14H,5-10H2,1-4H3/t11-/m0/s1. The van der Waals surface area contributed by atoms with E-state index in [0.29, 0.717) is 6.42 Å². The Labute approximate surface area is 104 Å². The normalized spacial score (nSPS) is 13.8. The van der Waals surface area contributed by atoms with E-state index < -0.39 is 6.10 Å². The average molecular weight is 246 g/mol. The smallest absolute Gasteiger partial charge is 0.192 e. The summed E-state index contributed by atoms with van der Waals surface area (Å²) >= 11 is 1.33. The summed E-state index contributed by atoms with van der Waals surface area (Å²) < 4.78 is -0.0426. The Morgan fingerprint density at radius 1 is 1.25 bits per heavy atom. The van der Waals surface area contributed by atoms with E-state index in [1.165, 1.54) is 24.6 Å². The number of unbranched alkanes of at least 4 members (excludes halogenated alkanes) is 3. The van der Waals surface area contributed by atoms with E-state index in [4.69, 9.17) is 0 Å². The fourth-order valence-corrected chi connectivity index (χ4v) is 2.44. The maximum Gasteiger partial charge on any atom is 0.192 e. The predicted octanol–water partition coefficient (Wildman–Crippen LogP) is 3.77. The summed E-state index contributed by atoms with van der Waals surface area (Å²) in [6.45, 7) is 8.22. The SMILES string of the molecule is CCCCCC[C@H](O)CC(=O)SC(C)(C)C. The molecule has 0 rings (SSSR count). The Morgan fingerprint density at radius 3 is 2.38 bits per heavy atom. The van der Waals surface area contributed by atoms with Gasteiger partial charge in [0.2, 0.25) is 0 Å². The number of aliphatic hydroxyl groups excluding tert-OH is 1. The van der Waals surface area contributed by atoms with Gasteiger partial charge in [-0.2, -0.15) is 0 Å². The van der Waals surface area contributed by atoms with Crippen molar-refractivity contribution < 1.29 is 9.90 Å². The van der Waals surface area contributed by atoms with E-state index in [9.17, 15) is 9.90 Å². The van der Waals surface area contributed by atoms with E-state index in [-0.39, 0.29) is 9.86 Å². The van der Waals surface area contributed by atoms with Crippen molar-refractivity contribution in [2.45, 2.75) is 77.1 Å². The molecule has 0 aliphatic carbocycles. The second kappa shape index (κ2) is 8.13. The van der Waals surface area contributed by atoms with Crippen LogP contribution in [0.3, 0.4) is 0 Å². The first-order valence-corrected chi connectivity index (χ1v) is 7.06. The molecule has 0 saturated heterocycles. The second-order valence-electron chi connectivity index (χ2n) is 5.29. The lowest BCUT2D eigenvalue weighted by Gasteiger charge is -2.17. The molecule has 0 heterocycles. The molecule has 16 heavy (non-hydrogen) atoms. The van der Waals surface area contributed by atoms with Gasteiger partial charge in [0.1, 0.15) is 0 Å². The summed E-state index contributed by atoms with van der Waals surface area (Å²) in [5.74, 6) is 0. The molecule has 0 aromatic carbocycles. The van der Waals surface area contributed by atoms with Crippen molar-refractivity contribution in [2.75, 3.05) is 0 Å². The van der Waals surface area contributed by atoms with Crippen LogP contribution in [-0.2, 0) is 4.79 Å². The van der Waals surface area contributed by atoms with Crippen molar-refractivity contribution in [3.63, 3.8) is 0 Å². The number of rotatable bonds is 7. The highest BCUT2D eigenvalue weighted by Gasteiger charge is 2.19. The summed E-state index contributed by atoms with van der Waals surface area (Å²) in [7, 11) is 0. The molecule has 2 nitrogen and oxygen atoms in total. The van der Waals surface area contributed by atoms with Crippen LogP contribution in [0.5, 0.6) is 0 Å². The van der Waals surface area contributed by atoms with Crippen LogP contribution in [-0.4, -0.2) is 21.1 Å². The van der Waals surface area contributed by atoms with Gasteiger partial charge in [-0.1, -0.05) is 65.1 Å². The molecule has 0 saturated carbocycles. The van der Waals surface area contributed by atoms with Crippen molar-refractivity contribution in [1.82, 2.24) is 0 Å².